The SMILES string of the molecule is CCN1CCN(S(=O)(=O)c2ccc(NC(=O)/C=C/c3ccc(N4CCCC4=O)cc3)cc2)CC1. The van der Waals surface area contributed by atoms with Crippen molar-refractivity contribution in [2.45, 2.75) is 24.7 Å². The Balaban J connectivity index is 1.33. The number of nitrogens with zero attached hydrogens (tertiary/aromatic N) is 3. The molecule has 9 heteroatoms. The van der Waals surface area contributed by atoms with Crippen LogP contribution in [0.4, 0.5) is 11.4 Å². The van der Waals surface area contributed by atoms with Gasteiger partial charge in [-0.1, -0.05) is 19.1 Å². The van der Waals surface area contributed by atoms with Crippen LogP contribution in [0.5, 0.6) is 0 Å². The van der Waals surface area contributed by atoms with Crippen LogP contribution in [-0.2, 0) is 19.6 Å². The average Bonchev–Trinajstić information content (AvgIpc) is 3.29. The van der Waals surface area contributed by atoms with Gasteiger partial charge in [-0.3, -0.25) is 9.59 Å². The van der Waals surface area contributed by atoms with Crippen molar-refractivity contribution < 1.29 is 18.0 Å². The Morgan fingerprint density at radius 3 is 2.24 bits per heavy atom. The van der Waals surface area contributed by atoms with Crippen LogP contribution >= 0.6 is 0 Å². The molecule has 34 heavy (non-hydrogen) atoms. The Hall–Kier alpha value is -3.01. The molecule has 0 aromatic heterocycles. The molecule has 180 valence electrons. The maximum atomic E-state index is 12.9. The van der Waals surface area contributed by atoms with Crippen LogP contribution < -0.4 is 10.2 Å². The zero-order valence-corrected chi connectivity index (χ0v) is 20.1. The number of hydrogen-bond donors (Lipinski definition) is 1. The van der Waals surface area contributed by atoms with Crippen molar-refractivity contribution in [3.63, 3.8) is 0 Å². The summed E-state index contributed by atoms with van der Waals surface area (Å²) < 4.78 is 27.3. The molecule has 0 bridgehead atoms. The molecule has 2 aliphatic heterocycles. The van der Waals surface area contributed by atoms with E-state index in [1.165, 1.54) is 22.5 Å². The number of anilines is 2. The molecule has 0 aliphatic carbocycles. The molecule has 0 radical (unpaired) electrons. The van der Waals surface area contributed by atoms with E-state index in [9.17, 15) is 18.0 Å². The summed E-state index contributed by atoms with van der Waals surface area (Å²) in [6.07, 6.45) is 4.59. The molecular formula is C25H30N4O4S. The van der Waals surface area contributed by atoms with Crippen LogP contribution in [0, 0.1) is 0 Å². The monoisotopic (exact) mass is 482 g/mol. The van der Waals surface area contributed by atoms with Crippen molar-refractivity contribution >= 4 is 39.3 Å². The molecule has 0 unspecified atom stereocenters. The summed E-state index contributed by atoms with van der Waals surface area (Å²) in [7, 11) is -3.54. The van der Waals surface area contributed by atoms with Crippen LogP contribution in [0.2, 0.25) is 0 Å². The van der Waals surface area contributed by atoms with Crippen LogP contribution in [-0.4, -0.2) is 68.7 Å². The van der Waals surface area contributed by atoms with Gasteiger partial charge in [0.25, 0.3) is 0 Å². The molecule has 0 saturated carbocycles. The number of carbonyl (C=O) groups excluding carboxylic acids is 2. The Kier molecular flexibility index (Phi) is 7.45. The third-order valence-corrected chi connectivity index (χ3v) is 8.16. The van der Waals surface area contributed by atoms with Gasteiger partial charge in [-0.25, -0.2) is 8.42 Å². The van der Waals surface area contributed by atoms with Crippen molar-refractivity contribution in [1.82, 2.24) is 9.21 Å². The van der Waals surface area contributed by atoms with Gasteiger partial charge in [0.15, 0.2) is 0 Å². The van der Waals surface area contributed by atoms with Crippen molar-refractivity contribution in [1.29, 1.82) is 0 Å². The van der Waals surface area contributed by atoms with E-state index in [-0.39, 0.29) is 16.7 Å². The van der Waals surface area contributed by atoms with Crippen LogP contribution in [0.15, 0.2) is 59.5 Å². The number of hydrogen-bond acceptors (Lipinski definition) is 5. The lowest BCUT2D eigenvalue weighted by Crippen LogP contribution is -2.48. The van der Waals surface area contributed by atoms with E-state index in [4.69, 9.17) is 0 Å². The summed E-state index contributed by atoms with van der Waals surface area (Å²) in [6.45, 7) is 6.16. The lowest BCUT2D eigenvalue weighted by molar-refractivity contribution is -0.117. The van der Waals surface area contributed by atoms with Crippen molar-refractivity contribution in [2.75, 3.05) is 49.5 Å². The summed E-state index contributed by atoms with van der Waals surface area (Å²) in [5.41, 5.74) is 2.23. The van der Waals surface area contributed by atoms with Crippen molar-refractivity contribution in [3.8, 4) is 0 Å². The molecule has 2 heterocycles. The van der Waals surface area contributed by atoms with Gasteiger partial charge >= 0.3 is 0 Å². The average molecular weight is 483 g/mol. The molecule has 0 atom stereocenters. The quantitative estimate of drug-likeness (QED) is 0.613. The molecule has 0 spiro atoms. The van der Waals surface area contributed by atoms with E-state index >= 15 is 0 Å². The summed E-state index contributed by atoms with van der Waals surface area (Å²) >= 11 is 0. The molecule has 8 nitrogen and oxygen atoms in total. The van der Waals surface area contributed by atoms with Gasteiger partial charge in [0.1, 0.15) is 0 Å². The first-order valence-corrected chi connectivity index (χ1v) is 13.0. The molecule has 2 aromatic carbocycles. The van der Waals surface area contributed by atoms with E-state index in [0.717, 1.165) is 43.9 Å². The zero-order valence-electron chi connectivity index (χ0n) is 19.3. The largest absolute Gasteiger partial charge is 0.323 e. The van der Waals surface area contributed by atoms with E-state index in [1.54, 1.807) is 23.1 Å². The summed E-state index contributed by atoms with van der Waals surface area (Å²) in [5, 5.41) is 2.75. The molecule has 2 amide bonds. The van der Waals surface area contributed by atoms with Gasteiger partial charge < -0.3 is 15.1 Å². The van der Waals surface area contributed by atoms with Gasteiger partial charge in [0, 0.05) is 56.6 Å². The third-order valence-electron chi connectivity index (χ3n) is 6.24. The lowest BCUT2D eigenvalue weighted by atomic mass is 10.2. The Labute approximate surface area is 200 Å². The van der Waals surface area contributed by atoms with Crippen molar-refractivity contribution in [3.05, 3.63) is 60.2 Å². The van der Waals surface area contributed by atoms with E-state index in [2.05, 4.69) is 17.1 Å². The standard InChI is InChI=1S/C25H30N4O4S/c1-2-27-16-18-28(19-17-27)34(32,33)23-12-8-21(9-13-23)26-24(30)14-7-20-5-10-22(11-6-20)29-15-3-4-25(29)31/h5-14H,2-4,15-19H2,1H3,(H,26,30)/b14-7+. The second kappa shape index (κ2) is 10.5. The van der Waals surface area contributed by atoms with E-state index < -0.39 is 10.0 Å². The minimum absolute atomic E-state index is 0.139. The fourth-order valence-corrected chi connectivity index (χ4v) is 5.61. The first-order valence-electron chi connectivity index (χ1n) is 11.6. The van der Waals surface area contributed by atoms with Gasteiger partial charge in [0.2, 0.25) is 21.8 Å². The molecule has 1 N–H and O–H groups in total. The van der Waals surface area contributed by atoms with Crippen LogP contribution in [0.25, 0.3) is 6.08 Å². The Bertz CT molecular complexity index is 1150. The first kappa shape index (κ1) is 24.1. The zero-order chi connectivity index (χ0) is 24.1. The van der Waals surface area contributed by atoms with Gasteiger partial charge in [0.05, 0.1) is 4.90 Å². The summed E-state index contributed by atoms with van der Waals surface area (Å²) in [5.74, 6) is -0.175. The molecular weight excluding hydrogens is 452 g/mol. The van der Waals surface area contributed by atoms with E-state index in [1.807, 2.05) is 24.3 Å². The maximum absolute atomic E-state index is 12.9. The molecule has 2 aromatic rings. The highest BCUT2D eigenvalue weighted by Crippen LogP contribution is 2.22. The smallest absolute Gasteiger partial charge is 0.248 e. The first-order chi connectivity index (χ1) is 16.4. The molecule has 2 aliphatic rings. The third kappa shape index (κ3) is 5.55. The number of nitrogens with one attached hydrogen (secondary N) is 1. The fourth-order valence-electron chi connectivity index (χ4n) is 4.19. The second-order valence-corrected chi connectivity index (χ2v) is 10.4. The number of piperazine rings is 1. The normalized spacial score (nSPS) is 18.0. The lowest BCUT2D eigenvalue weighted by Gasteiger charge is -2.33. The Morgan fingerprint density at radius 2 is 1.65 bits per heavy atom. The number of sulfonamides is 1. The fraction of sp³-hybridized carbons (Fsp3) is 0.360. The highest BCUT2D eigenvalue weighted by Gasteiger charge is 2.28. The molecule has 2 saturated heterocycles. The summed E-state index contributed by atoms with van der Waals surface area (Å²) in [4.78, 5) is 28.4. The molecule has 2 fully saturated rings. The topological polar surface area (TPSA) is 90.0 Å². The number of amides is 2. The number of carbonyl (C=O) groups is 2. The minimum Gasteiger partial charge on any atom is -0.323 e. The molecule has 4 rings (SSSR count). The van der Waals surface area contributed by atoms with Gasteiger partial charge in [-0.2, -0.15) is 4.31 Å². The van der Waals surface area contributed by atoms with E-state index in [0.29, 0.717) is 25.2 Å². The predicted molar refractivity (Wildman–Crippen MR) is 133 cm³/mol. The number of benzene rings is 2. The minimum atomic E-state index is -3.54. The Morgan fingerprint density at radius 1 is 0.971 bits per heavy atom. The summed E-state index contributed by atoms with van der Waals surface area (Å²) in [6, 6.07) is 13.7. The second-order valence-electron chi connectivity index (χ2n) is 8.43. The highest BCUT2D eigenvalue weighted by atomic mass is 32.2. The highest BCUT2D eigenvalue weighted by molar-refractivity contribution is 7.89. The van der Waals surface area contributed by atoms with Crippen LogP contribution in [0.3, 0.4) is 0 Å². The van der Waals surface area contributed by atoms with Gasteiger partial charge in [-0.05, 0) is 61.0 Å². The van der Waals surface area contributed by atoms with Crippen LogP contribution in [0.1, 0.15) is 25.3 Å². The maximum Gasteiger partial charge on any atom is 0.248 e. The van der Waals surface area contributed by atoms with Gasteiger partial charge in [-0.15, -0.1) is 0 Å². The number of likely N-dealkylation sites (N-methyl/N-ethyl adjacent to an activating group) is 1. The van der Waals surface area contributed by atoms with Crippen molar-refractivity contribution in [2.24, 2.45) is 0 Å². The predicted octanol–water partition coefficient (Wildman–Crippen LogP) is 2.79. The number of rotatable bonds is 7.